The summed E-state index contributed by atoms with van der Waals surface area (Å²) in [6.07, 6.45) is 5.45. The van der Waals surface area contributed by atoms with E-state index in [0.717, 1.165) is 19.7 Å². The van der Waals surface area contributed by atoms with Crippen LogP contribution >= 0.6 is 0 Å². The average molecular weight is 214 g/mol. The van der Waals surface area contributed by atoms with E-state index in [0.29, 0.717) is 18.6 Å². The van der Waals surface area contributed by atoms with Crippen LogP contribution in [0.3, 0.4) is 0 Å². The van der Waals surface area contributed by atoms with Crippen LogP contribution in [0, 0.1) is 5.92 Å². The molecule has 4 nitrogen and oxygen atoms in total. The third kappa shape index (κ3) is 3.41. The molecule has 0 aromatic heterocycles. The summed E-state index contributed by atoms with van der Waals surface area (Å²) in [4.78, 5) is 7.24. The summed E-state index contributed by atoms with van der Waals surface area (Å²) in [5.41, 5.74) is 0. The summed E-state index contributed by atoms with van der Waals surface area (Å²) < 4.78 is 5.65. The van der Waals surface area contributed by atoms with Crippen LogP contribution in [0.2, 0.25) is 0 Å². The fraction of sp³-hybridized carbons (Fsp3) is 1.00. The van der Waals surface area contributed by atoms with Crippen molar-refractivity contribution in [2.75, 3.05) is 32.8 Å². The third-order valence-corrected chi connectivity index (χ3v) is 3.42. The zero-order valence-electron chi connectivity index (χ0n) is 9.36. The van der Waals surface area contributed by atoms with Gasteiger partial charge in [-0.05, 0) is 38.1 Å². The molecule has 88 valence electrons. The van der Waals surface area contributed by atoms with Gasteiger partial charge in [0.1, 0.15) is 0 Å². The zero-order valence-corrected chi connectivity index (χ0v) is 9.36. The molecule has 2 unspecified atom stereocenters. The molecular weight excluding hydrogens is 192 g/mol. The van der Waals surface area contributed by atoms with Crippen molar-refractivity contribution in [2.24, 2.45) is 11.8 Å². The SMILES string of the molecule is NOCC1CCCN(CC2CCCO2)C1. The molecule has 0 spiro atoms. The molecular formula is C11H22N2O2. The summed E-state index contributed by atoms with van der Waals surface area (Å²) in [6.45, 7) is 5.08. The molecule has 2 aliphatic rings. The Balaban J connectivity index is 1.71. The highest BCUT2D eigenvalue weighted by Crippen LogP contribution is 2.19. The fourth-order valence-electron chi connectivity index (χ4n) is 2.67. The Kier molecular flexibility index (Phi) is 4.38. The molecule has 15 heavy (non-hydrogen) atoms. The van der Waals surface area contributed by atoms with Crippen molar-refractivity contribution in [3.05, 3.63) is 0 Å². The second-order valence-corrected chi connectivity index (χ2v) is 4.74. The van der Waals surface area contributed by atoms with E-state index >= 15 is 0 Å². The van der Waals surface area contributed by atoms with Crippen LogP contribution in [0.1, 0.15) is 25.7 Å². The normalized spacial score (nSPS) is 33.4. The highest BCUT2D eigenvalue weighted by atomic mass is 16.6. The van der Waals surface area contributed by atoms with Gasteiger partial charge in [0.15, 0.2) is 0 Å². The lowest BCUT2D eigenvalue weighted by Gasteiger charge is -2.33. The van der Waals surface area contributed by atoms with Crippen molar-refractivity contribution in [1.82, 2.24) is 4.90 Å². The van der Waals surface area contributed by atoms with Gasteiger partial charge in [0.25, 0.3) is 0 Å². The maximum absolute atomic E-state index is 5.65. The van der Waals surface area contributed by atoms with Gasteiger partial charge in [-0.3, -0.25) is 0 Å². The van der Waals surface area contributed by atoms with Gasteiger partial charge in [-0.1, -0.05) is 0 Å². The second-order valence-electron chi connectivity index (χ2n) is 4.74. The lowest BCUT2D eigenvalue weighted by Crippen LogP contribution is -2.41. The van der Waals surface area contributed by atoms with Crippen LogP contribution in [-0.2, 0) is 9.57 Å². The van der Waals surface area contributed by atoms with Crippen molar-refractivity contribution in [3.8, 4) is 0 Å². The largest absolute Gasteiger partial charge is 0.377 e. The van der Waals surface area contributed by atoms with Crippen molar-refractivity contribution in [3.63, 3.8) is 0 Å². The first-order valence-electron chi connectivity index (χ1n) is 6.04. The van der Waals surface area contributed by atoms with Crippen molar-refractivity contribution in [2.45, 2.75) is 31.8 Å². The molecule has 0 bridgehead atoms. The Morgan fingerprint density at radius 2 is 2.27 bits per heavy atom. The van der Waals surface area contributed by atoms with Crippen molar-refractivity contribution >= 4 is 0 Å². The van der Waals surface area contributed by atoms with E-state index in [4.69, 9.17) is 15.5 Å². The highest BCUT2D eigenvalue weighted by molar-refractivity contribution is 4.76. The number of ether oxygens (including phenoxy) is 1. The minimum absolute atomic E-state index is 0.475. The second kappa shape index (κ2) is 5.80. The zero-order chi connectivity index (χ0) is 10.5. The van der Waals surface area contributed by atoms with E-state index in [9.17, 15) is 0 Å². The van der Waals surface area contributed by atoms with Crippen LogP contribution in [0.15, 0.2) is 0 Å². The molecule has 2 aliphatic heterocycles. The number of likely N-dealkylation sites (tertiary alicyclic amines) is 1. The standard InChI is InChI=1S/C11H22N2O2/c12-15-9-10-3-1-5-13(7-10)8-11-4-2-6-14-11/h10-11H,1-9,12H2. The number of rotatable bonds is 4. The molecule has 0 aliphatic carbocycles. The van der Waals surface area contributed by atoms with E-state index in [1.165, 1.54) is 32.2 Å². The summed E-state index contributed by atoms with van der Waals surface area (Å²) in [6, 6.07) is 0. The lowest BCUT2D eigenvalue weighted by atomic mass is 9.98. The topological polar surface area (TPSA) is 47.7 Å². The molecule has 2 heterocycles. The molecule has 2 N–H and O–H groups in total. The van der Waals surface area contributed by atoms with E-state index in [1.54, 1.807) is 0 Å². The average Bonchev–Trinajstić information content (AvgIpc) is 2.71. The molecule has 0 saturated carbocycles. The third-order valence-electron chi connectivity index (χ3n) is 3.42. The van der Waals surface area contributed by atoms with Gasteiger partial charge in [-0.25, -0.2) is 5.90 Å². The number of hydrogen-bond donors (Lipinski definition) is 1. The maximum Gasteiger partial charge on any atom is 0.0719 e. The Labute approximate surface area is 91.7 Å². The molecule has 0 aromatic carbocycles. The van der Waals surface area contributed by atoms with Gasteiger partial charge < -0.3 is 14.5 Å². The molecule has 2 atom stereocenters. The molecule has 0 aromatic rings. The first-order valence-corrected chi connectivity index (χ1v) is 6.04. The van der Waals surface area contributed by atoms with E-state index in [2.05, 4.69) is 4.90 Å². The molecule has 2 fully saturated rings. The molecule has 0 radical (unpaired) electrons. The lowest BCUT2D eigenvalue weighted by molar-refractivity contribution is 0.0305. The maximum atomic E-state index is 5.65. The van der Waals surface area contributed by atoms with Crippen molar-refractivity contribution < 1.29 is 9.57 Å². The first kappa shape index (κ1) is 11.3. The fourth-order valence-corrected chi connectivity index (χ4v) is 2.67. The van der Waals surface area contributed by atoms with Crippen LogP contribution in [0.5, 0.6) is 0 Å². The van der Waals surface area contributed by atoms with Crippen LogP contribution in [0.25, 0.3) is 0 Å². The monoisotopic (exact) mass is 214 g/mol. The molecule has 0 amide bonds. The van der Waals surface area contributed by atoms with E-state index < -0.39 is 0 Å². The molecule has 2 rings (SSSR count). The summed E-state index contributed by atoms with van der Waals surface area (Å²) in [5.74, 6) is 5.74. The van der Waals surface area contributed by atoms with Gasteiger partial charge in [-0.2, -0.15) is 0 Å². The Hall–Kier alpha value is -0.160. The summed E-state index contributed by atoms with van der Waals surface area (Å²) in [7, 11) is 0. The van der Waals surface area contributed by atoms with E-state index in [-0.39, 0.29) is 0 Å². The highest BCUT2D eigenvalue weighted by Gasteiger charge is 2.24. The summed E-state index contributed by atoms with van der Waals surface area (Å²) in [5, 5.41) is 0. The first-order chi connectivity index (χ1) is 7.38. The minimum atomic E-state index is 0.475. The number of nitrogens with zero attached hydrogens (tertiary/aromatic N) is 1. The number of piperidine rings is 1. The molecule has 4 heteroatoms. The summed E-state index contributed by atoms with van der Waals surface area (Å²) >= 11 is 0. The Morgan fingerprint density at radius 1 is 1.33 bits per heavy atom. The van der Waals surface area contributed by atoms with Crippen LogP contribution < -0.4 is 5.90 Å². The van der Waals surface area contributed by atoms with Gasteiger partial charge >= 0.3 is 0 Å². The van der Waals surface area contributed by atoms with Gasteiger partial charge in [0.2, 0.25) is 0 Å². The predicted molar refractivity (Wildman–Crippen MR) is 58.3 cm³/mol. The van der Waals surface area contributed by atoms with Gasteiger partial charge in [0.05, 0.1) is 12.7 Å². The van der Waals surface area contributed by atoms with Gasteiger partial charge in [0, 0.05) is 19.7 Å². The smallest absolute Gasteiger partial charge is 0.0719 e. The Bertz CT molecular complexity index is 181. The quantitative estimate of drug-likeness (QED) is 0.702. The van der Waals surface area contributed by atoms with Crippen molar-refractivity contribution in [1.29, 1.82) is 0 Å². The number of nitrogens with two attached hydrogens (primary N) is 1. The molecule has 2 saturated heterocycles. The van der Waals surface area contributed by atoms with Crippen LogP contribution in [0.4, 0.5) is 0 Å². The van der Waals surface area contributed by atoms with E-state index in [1.807, 2.05) is 0 Å². The predicted octanol–water partition coefficient (Wildman–Crippen LogP) is 0.768. The number of hydrogen-bond acceptors (Lipinski definition) is 4. The Morgan fingerprint density at radius 3 is 3.00 bits per heavy atom. The van der Waals surface area contributed by atoms with Crippen LogP contribution in [-0.4, -0.2) is 43.9 Å². The minimum Gasteiger partial charge on any atom is -0.377 e. The van der Waals surface area contributed by atoms with Gasteiger partial charge in [-0.15, -0.1) is 0 Å².